The van der Waals surface area contributed by atoms with Crippen LogP contribution in [-0.2, 0) is 0 Å². The third kappa shape index (κ3) is 2.57. The number of hydrogen-bond acceptors (Lipinski definition) is 4. The zero-order chi connectivity index (χ0) is 17.7. The molecular formula is C21H22BrN3O. The Kier molecular flexibility index (Phi) is 3.85. The molecule has 3 heterocycles. The van der Waals surface area contributed by atoms with Crippen LogP contribution in [0.15, 0.2) is 59.1 Å². The monoisotopic (exact) mass is 411 g/mol. The van der Waals surface area contributed by atoms with Crippen LogP contribution in [0.3, 0.4) is 0 Å². The summed E-state index contributed by atoms with van der Waals surface area (Å²) in [6.07, 6.45) is 4.31. The van der Waals surface area contributed by atoms with Crippen molar-refractivity contribution in [1.82, 2.24) is 15.3 Å². The van der Waals surface area contributed by atoms with Gasteiger partial charge < -0.3 is 15.1 Å². The van der Waals surface area contributed by atoms with Crippen molar-refractivity contribution in [2.75, 3.05) is 20.1 Å². The molecule has 3 aliphatic heterocycles. The number of piperidine rings is 1. The van der Waals surface area contributed by atoms with Crippen molar-refractivity contribution >= 4 is 21.6 Å². The molecule has 1 spiro atoms. The van der Waals surface area contributed by atoms with E-state index in [1.165, 1.54) is 11.1 Å². The van der Waals surface area contributed by atoms with Gasteiger partial charge in [-0.1, -0.05) is 46.3 Å². The minimum atomic E-state index is -0.296. The average Bonchev–Trinajstić information content (AvgIpc) is 3.11. The van der Waals surface area contributed by atoms with E-state index in [-0.39, 0.29) is 11.8 Å². The lowest BCUT2D eigenvalue weighted by Gasteiger charge is -2.51. The predicted molar refractivity (Wildman–Crippen MR) is 106 cm³/mol. The Labute approximate surface area is 162 Å². The Balaban J connectivity index is 1.58. The van der Waals surface area contributed by atoms with Gasteiger partial charge in [0.1, 0.15) is 5.75 Å². The molecule has 3 aliphatic rings. The Morgan fingerprint density at radius 1 is 1.12 bits per heavy atom. The highest BCUT2D eigenvalue weighted by Crippen LogP contribution is 2.48. The van der Waals surface area contributed by atoms with Crippen LogP contribution in [0.5, 0.6) is 5.75 Å². The van der Waals surface area contributed by atoms with Crippen LogP contribution in [0.4, 0.5) is 0 Å². The van der Waals surface area contributed by atoms with Crippen LogP contribution < -0.4 is 10.2 Å². The molecule has 26 heavy (non-hydrogen) atoms. The molecule has 5 heteroatoms. The largest absolute Gasteiger partial charge is 0.470 e. The smallest absolute Gasteiger partial charge is 0.182 e. The van der Waals surface area contributed by atoms with E-state index >= 15 is 0 Å². The third-order valence-corrected chi connectivity index (χ3v) is 6.22. The number of fused-ring (bicyclic) bond motifs is 4. The summed E-state index contributed by atoms with van der Waals surface area (Å²) in [5, 5.41) is 2.35. The molecule has 0 amide bonds. The first-order valence-electron chi connectivity index (χ1n) is 9.15. The minimum Gasteiger partial charge on any atom is -0.470 e. The molecule has 5 rings (SSSR count). The third-order valence-electron chi connectivity index (χ3n) is 5.72. The average molecular weight is 412 g/mol. The molecule has 1 N–H and O–H groups in total. The first-order chi connectivity index (χ1) is 12.6. The van der Waals surface area contributed by atoms with E-state index in [1.807, 2.05) is 0 Å². The number of ether oxygens (including phenoxy) is 1. The first kappa shape index (κ1) is 16.4. The summed E-state index contributed by atoms with van der Waals surface area (Å²) in [6, 6.07) is 17.1. The number of likely N-dealkylation sites (tertiary alicyclic amines) is 1. The van der Waals surface area contributed by atoms with Gasteiger partial charge in [-0.05, 0) is 36.9 Å². The normalized spacial score (nSPS) is 24.4. The summed E-state index contributed by atoms with van der Waals surface area (Å²) in [5.74, 6) is 1.02. The second kappa shape index (κ2) is 6.12. The van der Waals surface area contributed by atoms with Crippen molar-refractivity contribution in [2.24, 2.45) is 0 Å². The first-order valence-corrected chi connectivity index (χ1v) is 9.94. The molecule has 0 saturated carbocycles. The molecule has 0 bridgehead atoms. The number of halogens is 1. The second-order valence-corrected chi connectivity index (χ2v) is 8.32. The molecule has 1 atom stereocenters. The number of hydrazine groups is 1. The lowest BCUT2D eigenvalue weighted by Crippen LogP contribution is -2.63. The molecule has 134 valence electrons. The molecule has 1 saturated heterocycles. The Morgan fingerprint density at radius 3 is 2.73 bits per heavy atom. The Hall–Kier alpha value is -1.82. The predicted octanol–water partition coefficient (Wildman–Crippen LogP) is 4.17. The van der Waals surface area contributed by atoms with Gasteiger partial charge in [0.15, 0.2) is 5.72 Å². The van der Waals surface area contributed by atoms with Crippen LogP contribution in [0.2, 0.25) is 0 Å². The highest BCUT2D eigenvalue weighted by atomic mass is 79.9. The van der Waals surface area contributed by atoms with Crippen molar-refractivity contribution in [3.05, 3.63) is 70.2 Å². The van der Waals surface area contributed by atoms with Crippen molar-refractivity contribution < 1.29 is 4.74 Å². The maximum absolute atomic E-state index is 6.62. The van der Waals surface area contributed by atoms with Crippen molar-refractivity contribution in [2.45, 2.75) is 24.6 Å². The number of rotatable bonds is 1. The summed E-state index contributed by atoms with van der Waals surface area (Å²) in [6.45, 7) is 2.08. The zero-order valence-electron chi connectivity index (χ0n) is 14.8. The van der Waals surface area contributed by atoms with Crippen LogP contribution in [0.25, 0.3) is 5.70 Å². The molecule has 0 radical (unpaired) electrons. The molecule has 4 nitrogen and oxygen atoms in total. The van der Waals surface area contributed by atoms with Crippen LogP contribution in [0.1, 0.15) is 30.0 Å². The zero-order valence-corrected chi connectivity index (χ0v) is 16.4. The summed E-state index contributed by atoms with van der Waals surface area (Å²) in [4.78, 5) is 2.38. The van der Waals surface area contributed by atoms with Gasteiger partial charge in [0.25, 0.3) is 0 Å². The van der Waals surface area contributed by atoms with Gasteiger partial charge >= 0.3 is 0 Å². The van der Waals surface area contributed by atoms with E-state index < -0.39 is 0 Å². The number of para-hydroxylation sites is 1. The summed E-state index contributed by atoms with van der Waals surface area (Å²) in [7, 11) is 2.18. The van der Waals surface area contributed by atoms with Gasteiger partial charge in [-0.25, -0.2) is 0 Å². The second-order valence-electron chi connectivity index (χ2n) is 7.41. The minimum absolute atomic E-state index is 0.192. The highest BCUT2D eigenvalue weighted by molar-refractivity contribution is 9.10. The molecule has 2 aromatic carbocycles. The molecule has 0 aliphatic carbocycles. The fourth-order valence-electron chi connectivity index (χ4n) is 4.25. The fraction of sp³-hybridized carbons (Fsp3) is 0.333. The van der Waals surface area contributed by atoms with Crippen molar-refractivity contribution in [1.29, 1.82) is 0 Å². The highest BCUT2D eigenvalue weighted by Gasteiger charge is 2.51. The summed E-state index contributed by atoms with van der Waals surface area (Å²) < 4.78 is 7.72. The number of nitrogens with one attached hydrogen (secondary N) is 1. The van der Waals surface area contributed by atoms with E-state index in [0.29, 0.717) is 0 Å². The van der Waals surface area contributed by atoms with Gasteiger partial charge in [-0.3, -0.25) is 0 Å². The van der Waals surface area contributed by atoms with Gasteiger partial charge in [-0.15, -0.1) is 0 Å². The van der Waals surface area contributed by atoms with E-state index in [4.69, 9.17) is 4.74 Å². The SMILES string of the molecule is CN1CCC2(CC1)Oc1ccccc1[C@H]1C=C(c3cccc(Br)c3)NN12. The van der Waals surface area contributed by atoms with Gasteiger partial charge in [-0.2, -0.15) is 5.01 Å². The lowest BCUT2D eigenvalue weighted by atomic mass is 9.93. The van der Waals surface area contributed by atoms with Gasteiger partial charge in [0, 0.05) is 36.0 Å². The molecule has 1 fully saturated rings. The van der Waals surface area contributed by atoms with E-state index in [0.717, 1.165) is 41.9 Å². The van der Waals surface area contributed by atoms with Gasteiger partial charge in [0.2, 0.25) is 0 Å². The maximum atomic E-state index is 6.62. The topological polar surface area (TPSA) is 27.7 Å². The molecular weight excluding hydrogens is 390 g/mol. The summed E-state index contributed by atoms with van der Waals surface area (Å²) >= 11 is 3.59. The number of nitrogens with zero attached hydrogens (tertiary/aromatic N) is 2. The quantitative estimate of drug-likeness (QED) is 0.761. The van der Waals surface area contributed by atoms with E-state index in [1.54, 1.807) is 0 Å². The number of hydrogen-bond donors (Lipinski definition) is 1. The lowest BCUT2D eigenvalue weighted by molar-refractivity contribution is -0.157. The van der Waals surface area contributed by atoms with Crippen molar-refractivity contribution in [3.8, 4) is 5.75 Å². The van der Waals surface area contributed by atoms with E-state index in [2.05, 4.69) is 92.9 Å². The van der Waals surface area contributed by atoms with Crippen molar-refractivity contribution in [3.63, 3.8) is 0 Å². The van der Waals surface area contributed by atoms with Crippen LogP contribution in [0, 0.1) is 0 Å². The summed E-state index contributed by atoms with van der Waals surface area (Å²) in [5.41, 5.74) is 6.96. The standard InChI is InChI=1S/C21H22BrN3O/c1-24-11-9-21(10-12-24)25-19(17-7-2-3-8-20(17)26-21)14-18(23-25)15-5-4-6-16(22)13-15/h2-8,13-14,19,23H,9-12H2,1H3/t19-/m1/s1. The van der Waals surface area contributed by atoms with Crippen LogP contribution >= 0.6 is 15.9 Å². The molecule has 0 unspecified atom stereocenters. The molecule has 2 aromatic rings. The number of benzene rings is 2. The Bertz CT molecular complexity index is 873. The molecule has 0 aromatic heterocycles. The fourth-order valence-corrected chi connectivity index (χ4v) is 4.65. The van der Waals surface area contributed by atoms with E-state index in [9.17, 15) is 0 Å². The van der Waals surface area contributed by atoms with Crippen LogP contribution in [-0.4, -0.2) is 35.8 Å². The maximum Gasteiger partial charge on any atom is 0.182 e. The Morgan fingerprint density at radius 2 is 1.92 bits per heavy atom. The van der Waals surface area contributed by atoms with Gasteiger partial charge in [0.05, 0.1) is 11.7 Å².